The van der Waals surface area contributed by atoms with Gasteiger partial charge in [-0.25, -0.2) is 4.79 Å². The summed E-state index contributed by atoms with van der Waals surface area (Å²) in [6, 6.07) is 7.32. The van der Waals surface area contributed by atoms with Gasteiger partial charge in [-0.1, -0.05) is 6.07 Å². The van der Waals surface area contributed by atoms with Gasteiger partial charge in [0, 0.05) is 38.8 Å². The van der Waals surface area contributed by atoms with Crippen LogP contribution in [0.3, 0.4) is 0 Å². The lowest BCUT2D eigenvalue weighted by molar-refractivity contribution is -0.135. The zero-order valence-corrected chi connectivity index (χ0v) is 15.1. The predicted molar refractivity (Wildman–Crippen MR) is 96.7 cm³/mol. The molecule has 134 valence electrons. The average molecular weight is 353 g/mol. The summed E-state index contributed by atoms with van der Waals surface area (Å²) in [5, 5.41) is 0. The third-order valence-corrected chi connectivity index (χ3v) is 5.31. The Morgan fingerprint density at radius 3 is 2.38 bits per heavy atom. The Labute approximate surface area is 149 Å². The first kappa shape index (κ1) is 16.4. The molecule has 0 saturated heterocycles. The average Bonchev–Trinajstić information content (AvgIpc) is 2.83. The number of benzene rings is 1. The van der Waals surface area contributed by atoms with Crippen molar-refractivity contribution >= 4 is 17.0 Å². The van der Waals surface area contributed by atoms with Gasteiger partial charge >= 0.3 is 11.7 Å². The third-order valence-electron chi connectivity index (χ3n) is 5.31. The summed E-state index contributed by atoms with van der Waals surface area (Å²) >= 11 is 0. The number of carbonyl (C=O) groups is 1. The molecule has 0 amide bonds. The van der Waals surface area contributed by atoms with Crippen LogP contribution in [0.25, 0.3) is 11.0 Å². The highest BCUT2D eigenvalue weighted by molar-refractivity contribution is 5.80. The first-order chi connectivity index (χ1) is 12.3. The van der Waals surface area contributed by atoms with E-state index in [0.717, 1.165) is 22.3 Å². The van der Waals surface area contributed by atoms with Gasteiger partial charge in [-0.05, 0) is 24.6 Å². The van der Waals surface area contributed by atoms with Crippen LogP contribution in [0.1, 0.15) is 29.2 Å². The largest absolute Gasteiger partial charge is 0.426 e. The van der Waals surface area contributed by atoms with Crippen LogP contribution in [0.2, 0.25) is 0 Å². The Morgan fingerprint density at radius 2 is 1.65 bits per heavy atom. The number of rotatable bonds is 1. The van der Waals surface area contributed by atoms with Crippen LogP contribution in [0.4, 0.5) is 0 Å². The van der Waals surface area contributed by atoms with E-state index in [0.29, 0.717) is 11.3 Å². The molecule has 0 spiro atoms. The zero-order valence-electron chi connectivity index (χ0n) is 15.1. The number of aryl methyl sites for hydroxylation is 3. The van der Waals surface area contributed by atoms with Gasteiger partial charge in [0.25, 0.3) is 5.56 Å². The van der Waals surface area contributed by atoms with Gasteiger partial charge in [-0.15, -0.1) is 0 Å². The van der Waals surface area contributed by atoms with E-state index in [2.05, 4.69) is 0 Å². The molecule has 3 aromatic rings. The lowest BCUT2D eigenvalue weighted by Crippen LogP contribution is -2.32. The molecular weight excluding hydrogens is 334 g/mol. The van der Waals surface area contributed by atoms with E-state index in [4.69, 9.17) is 4.74 Å². The standard InChI is InChI=1S/C19H19N3O4/c1-10-7-15-17(18(24)20(10)2)12(9-16(23)26-15)11-5-6-13-14(8-11)22(4)19(25)21(13)3/h5-8,12H,9H2,1-4H3. The van der Waals surface area contributed by atoms with Crippen LogP contribution < -0.4 is 16.0 Å². The number of nitrogens with zero attached hydrogens (tertiary/aromatic N) is 3. The van der Waals surface area contributed by atoms with E-state index >= 15 is 0 Å². The summed E-state index contributed by atoms with van der Waals surface area (Å²) in [7, 11) is 5.13. The van der Waals surface area contributed by atoms with Crippen molar-refractivity contribution in [1.29, 1.82) is 0 Å². The van der Waals surface area contributed by atoms with E-state index in [-0.39, 0.29) is 23.6 Å². The minimum absolute atomic E-state index is 0.0948. The van der Waals surface area contributed by atoms with Crippen molar-refractivity contribution in [1.82, 2.24) is 13.7 Å². The topological polar surface area (TPSA) is 75.2 Å². The highest BCUT2D eigenvalue weighted by Crippen LogP contribution is 2.37. The molecule has 1 unspecified atom stereocenters. The van der Waals surface area contributed by atoms with Gasteiger partial charge in [0.05, 0.1) is 23.0 Å². The summed E-state index contributed by atoms with van der Waals surface area (Å²) in [6.45, 7) is 1.80. The van der Waals surface area contributed by atoms with E-state index in [9.17, 15) is 14.4 Å². The number of fused-ring (bicyclic) bond motifs is 2. The second-order valence-corrected chi connectivity index (χ2v) is 6.81. The minimum atomic E-state index is -0.398. The molecular formula is C19H19N3O4. The second-order valence-electron chi connectivity index (χ2n) is 6.81. The molecule has 1 aromatic carbocycles. The molecule has 0 fully saturated rings. The number of esters is 1. The van der Waals surface area contributed by atoms with Crippen molar-refractivity contribution in [2.24, 2.45) is 21.1 Å². The molecule has 4 rings (SSSR count). The number of pyridine rings is 1. The Morgan fingerprint density at radius 1 is 0.962 bits per heavy atom. The lowest BCUT2D eigenvalue weighted by atomic mass is 9.86. The molecule has 0 N–H and O–H groups in total. The normalized spacial score (nSPS) is 16.6. The number of hydrogen-bond donors (Lipinski definition) is 0. The highest BCUT2D eigenvalue weighted by Gasteiger charge is 2.32. The Hall–Kier alpha value is -3.09. The van der Waals surface area contributed by atoms with Crippen molar-refractivity contribution in [2.45, 2.75) is 19.3 Å². The third kappa shape index (κ3) is 2.16. The molecule has 3 heterocycles. The van der Waals surface area contributed by atoms with Crippen molar-refractivity contribution in [2.75, 3.05) is 0 Å². The first-order valence-corrected chi connectivity index (χ1v) is 8.36. The number of carbonyl (C=O) groups excluding carboxylic acids is 1. The van der Waals surface area contributed by atoms with Crippen molar-refractivity contribution in [3.8, 4) is 5.75 Å². The van der Waals surface area contributed by atoms with Crippen molar-refractivity contribution in [3.63, 3.8) is 0 Å². The summed E-state index contributed by atoms with van der Waals surface area (Å²) in [5.41, 5.74) is 3.31. The molecule has 0 saturated carbocycles. The molecule has 0 aliphatic carbocycles. The Balaban J connectivity index is 1.98. The second kappa shape index (κ2) is 5.45. The van der Waals surface area contributed by atoms with Crippen LogP contribution in [0.15, 0.2) is 33.9 Å². The zero-order chi connectivity index (χ0) is 18.7. The number of hydrogen-bond acceptors (Lipinski definition) is 4. The van der Waals surface area contributed by atoms with Gasteiger partial charge in [-0.3, -0.25) is 18.7 Å². The Bertz CT molecular complexity index is 1200. The molecule has 7 heteroatoms. The van der Waals surface area contributed by atoms with E-state index in [1.54, 1.807) is 47.8 Å². The van der Waals surface area contributed by atoms with Gasteiger partial charge in [0.1, 0.15) is 5.75 Å². The molecule has 7 nitrogen and oxygen atoms in total. The monoisotopic (exact) mass is 353 g/mol. The lowest BCUT2D eigenvalue weighted by Gasteiger charge is -2.25. The Kier molecular flexibility index (Phi) is 3.44. The van der Waals surface area contributed by atoms with Crippen LogP contribution in [0.5, 0.6) is 5.75 Å². The molecule has 1 atom stereocenters. The number of aromatic nitrogens is 3. The minimum Gasteiger partial charge on any atom is -0.426 e. The number of ether oxygens (including phenoxy) is 1. The maximum absolute atomic E-state index is 12.8. The summed E-state index contributed by atoms with van der Waals surface area (Å²) in [6.07, 6.45) is 0.0948. The highest BCUT2D eigenvalue weighted by atomic mass is 16.5. The molecule has 2 aromatic heterocycles. The quantitative estimate of drug-likeness (QED) is 0.619. The molecule has 26 heavy (non-hydrogen) atoms. The molecule has 0 radical (unpaired) electrons. The van der Waals surface area contributed by atoms with Gasteiger partial charge in [0.15, 0.2) is 0 Å². The van der Waals surface area contributed by atoms with Crippen LogP contribution >= 0.6 is 0 Å². The SMILES string of the molecule is Cc1cc2c(c(=O)n1C)C(c1ccc3c(c1)n(C)c(=O)n3C)CC(=O)O2. The van der Waals surface area contributed by atoms with E-state index < -0.39 is 5.92 Å². The smallest absolute Gasteiger partial charge is 0.328 e. The summed E-state index contributed by atoms with van der Waals surface area (Å²) in [5.74, 6) is -0.434. The molecule has 0 bridgehead atoms. The number of imidazole rings is 1. The van der Waals surface area contributed by atoms with Crippen molar-refractivity contribution in [3.05, 3.63) is 61.9 Å². The summed E-state index contributed by atoms with van der Waals surface area (Å²) in [4.78, 5) is 37.1. The predicted octanol–water partition coefficient (Wildman–Crippen LogP) is 1.33. The van der Waals surface area contributed by atoms with Gasteiger partial charge < -0.3 is 9.30 Å². The maximum atomic E-state index is 12.8. The van der Waals surface area contributed by atoms with Crippen LogP contribution in [-0.2, 0) is 25.9 Å². The fourth-order valence-electron chi connectivity index (χ4n) is 3.67. The van der Waals surface area contributed by atoms with Gasteiger partial charge in [0.2, 0.25) is 0 Å². The van der Waals surface area contributed by atoms with Gasteiger partial charge in [-0.2, -0.15) is 0 Å². The van der Waals surface area contributed by atoms with Crippen LogP contribution in [-0.4, -0.2) is 19.7 Å². The first-order valence-electron chi connectivity index (χ1n) is 8.36. The molecule has 1 aliphatic heterocycles. The fourth-order valence-corrected chi connectivity index (χ4v) is 3.67. The van der Waals surface area contributed by atoms with Crippen LogP contribution in [0, 0.1) is 6.92 Å². The van der Waals surface area contributed by atoms with E-state index in [1.165, 1.54) is 0 Å². The fraction of sp³-hybridized carbons (Fsp3) is 0.316. The maximum Gasteiger partial charge on any atom is 0.328 e. The van der Waals surface area contributed by atoms with E-state index in [1.807, 2.05) is 18.2 Å². The molecule has 1 aliphatic rings. The summed E-state index contributed by atoms with van der Waals surface area (Å²) < 4.78 is 10.0. The van der Waals surface area contributed by atoms with Crippen molar-refractivity contribution < 1.29 is 9.53 Å².